The molecule has 2 N–H and O–H groups in total. The summed E-state index contributed by atoms with van der Waals surface area (Å²) in [4.78, 5) is 35.0. The predicted octanol–water partition coefficient (Wildman–Crippen LogP) is 2.80. The predicted molar refractivity (Wildman–Crippen MR) is 116 cm³/mol. The van der Waals surface area contributed by atoms with Gasteiger partial charge in [0.15, 0.2) is 5.69 Å². The Morgan fingerprint density at radius 2 is 1.81 bits per heavy atom. The van der Waals surface area contributed by atoms with E-state index < -0.39 is 10.8 Å². The number of nitrogens with zero attached hydrogens (tertiary/aromatic N) is 4. The Hall–Kier alpha value is -3.60. The second kappa shape index (κ2) is 9.94. The van der Waals surface area contributed by atoms with Crippen LogP contribution in [0.4, 0.5) is 5.69 Å². The van der Waals surface area contributed by atoms with Crippen molar-refractivity contribution in [3.63, 3.8) is 0 Å². The van der Waals surface area contributed by atoms with Gasteiger partial charge in [-0.05, 0) is 37.6 Å². The third-order valence-corrected chi connectivity index (χ3v) is 4.90. The number of halogens is 1. The van der Waals surface area contributed by atoms with Crippen molar-refractivity contribution >= 4 is 33.4 Å². The number of hydrogen-bond acceptors (Lipinski definition) is 6. The fourth-order valence-corrected chi connectivity index (χ4v) is 3.23. The van der Waals surface area contributed by atoms with E-state index in [2.05, 4.69) is 36.9 Å². The number of hydrogen-bond donors (Lipinski definition) is 2. The number of nitrogens with one attached hydrogen (secondary N) is 2. The zero-order chi connectivity index (χ0) is 22.4. The molecule has 160 valence electrons. The molecule has 11 heteroatoms. The lowest BCUT2D eigenvalue weighted by Gasteiger charge is -2.07. The Labute approximate surface area is 185 Å². The molecule has 31 heavy (non-hydrogen) atoms. The van der Waals surface area contributed by atoms with Gasteiger partial charge in [-0.1, -0.05) is 33.3 Å². The molecule has 3 aromatic rings. The highest BCUT2D eigenvalue weighted by Gasteiger charge is 2.18. The van der Waals surface area contributed by atoms with Crippen LogP contribution in [0.3, 0.4) is 0 Å². The van der Waals surface area contributed by atoms with Crippen LogP contribution in [0.1, 0.15) is 33.0 Å². The van der Waals surface area contributed by atoms with Crippen molar-refractivity contribution in [2.75, 3.05) is 13.1 Å². The molecule has 0 saturated heterocycles. The molecule has 0 bridgehead atoms. The summed E-state index contributed by atoms with van der Waals surface area (Å²) in [5.41, 5.74) is 1.49. The molecule has 10 nitrogen and oxygen atoms in total. The minimum Gasteiger partial charge on any atom is -0.352 e. The van der Waals surface area contributed by atoms with Gasteiger partial charge in [-0.25, -0.2) is 4.68 Å². The molecule has 0 aliphatic heterocycles. The van der Waals surface area contributed by atoms with E-state index in [9.17, 15) is 19.7 Å². The summed E-state index contributed by atoms with van der Waals surface area (Å²) in [5, 5.41) is 24.3. The van der Waals surface area contributed by atoms with E-state index in [0.717, 1.165) is 4.47 Å². The Bertz CT molecular complexity index is 1130. The fourth-order valence-electron chi connectivity index (χ4n) is 2.83. The number of benzene rings is 2. The van der Waals surface area contributed by atoms with Gasteiger partial charge >= 0.3 is 0 Å². The highest BCUT2D eigenvalue weighted by molar-refractivity contribution is 9.10. The van der Waals surface area contributed by atoms with Crippen LogP contribution in [0, 0.1) is 17.0 Å². The molecule has 2 aromatic carbocycles. The summed E-state index contributed by atoms with van der Waals surface area (Å²) in [6.45, 7) is 2.39. The van der Waals surface area contributed by atoms with Gasteiger partial charge < -0.3 is 10.6 Å². The first-order valence-electron chi connectivity index (χ1n) is 9.36. The van der Waals surface area contributed by atoms with Crippen molar-refractivity contribution in [3.8, 4) is 5.69 Å². The molecule has 0 saturated carbocycles. The Balaban J connectivity index is 1.52. The Kier molecular flexibility index (Phi) is 7.08. The smallest absolute Gasteiger partial charge is 0.273 e. The zero-order valence-electron chi connectivity index (χ0n) is 16.5. The fraction of sp³-hybridized carbons (Fsp3) is 0.200. The Morgan fingerprint density at radius 1 is 1.10 bits per heavy atom. The highest BCUT2D eigenvalue weighted by Crippen LogP contribution is 2.18. The summed E-state index contributed by atoms with van der Waals surface area (Å²) in [7, 11) is 0. The third kappa shape index (κ3) is 5.51. The summed E-state index contributed by atoms with van der Waals surface area (Å²) < 4.78 is 2.20. The second-order valence-electron chi connectivity index (χ2n) is 6.59. The van der Waals surface area contributed by atoms with Crippen LogP contribution < -0.4 is 10.6 Å². The lowest BCUT2D eigenvalue weighted by Crippen LogP contribution is -2.30. The molecule has 0 spiro atoms. The third-order valence-electron chi connectivity index (χ3n) is 4.41. The van der Waals surface area contributed by atoms with Gasteiger partial charge in [0.1, 0.15) is 0 Å². The first-order chi connectivity index (χ1) is 14.9. The SMILES string of the molecule is Cc1c(C(=O)NCCCNC(=O)c2cccc(Br)c2)nnn1-c1cccc([N+](=O)[O-])c1. The van der Waals surface area contributed by atoms with Crippen LogP contribution in [0.5, 0.6) is 0 Å². The molecule has 0 atom stereocenters. The molecular formula is C20H19BrN6O4. The normalized spacial score (nSPS) is 10.5. The molecule has 2 amide bonds. The van der Waals surface area contributed by atoms with Gasteiger partial charge in [0, 0.05) is 35.3 Å². The van der Waals surface area contributed by atoms with E-state index in [1.807, 2.05) is 6.07 Å². The van der Waals surface area contributed by atoms with Crippen molar-refractivity contribution in [2.45, 2.75) is 13.3 Å². The summed E-state index contributed by atoms with van der Waals surface area (Å²) in [6, 6.07) is 13.0. The largest absolute Gasteiger partial charge is 0.352 e. The molecule has 3 rings (SSSR count). The summed E-state index contributed by atoms with van der Waals surface area (Å²) in [6.07, 6.45) is 0.531. The maximum absolute atomic E-state index is 12.4. The quantitative estimate of drug-likeness (QED) is 0.285. The van der Waals surface area contributed by atoms with Crippen LogP contribution in [0.15, 0.2) is 53.0 Å². The van der Waals surface area contributed by atoms with E-state index in [4.69, 9.17) is 0 Å². The number of rotatable bonds is 8. The van der Waals surface area contributed by atoms with Crippen LogP contribution in [0.2, 0.25) is 0 Å². The highest BCUT2D eigenvalue weighted by atomic mass is 79.9. The minimum absolute atomic E-state index is 0.0803. The first-order valence-corrected chi connectivity index (χ1v) is 10.1. The van der Waals surface area contributed by atoms with Crippen molar-refractivity contribution in [2.24, 2.45) is 0 Å². The second-order valence-corrected chi connectivity index (χ2v) is 7.50. The van der Waals surface area contributed by atoms with Gasteiger partial charge in [-0.3, -0.25) is 19.7 Å². The van der Waals surface area contributed by atoms with Gasteiger partial charge in [0.25, 0.3) is 17.5 Å². The standard InChI is InChI=1S/C20H19BrN6O4/c1-13-18(24-25-26(13)16-7-3-8-17(12-16)27(30)31)20(29)23-10-4-9-22-19(28)14-5-2-6-15(21)11-14/h2-3,5-8,11-12H,4,9-10H2,1H3,(H,22,28)(H,23,29). The molecule has 0 unspecified atom stereocenters. The van der Waals surface area contributed by atoms with Crippen molar-refractivity contribution in [1.82, 2.24) is 25.6 Å². The summed E-state index contributed by atoms with van der Waals surface area (Å²) >= 11 is 3.32. The van der Waals surface area contributed by atoms with Gasteiger partial charge in [-0.15, -0.1) is 5.10 Å². The molecule has 1 aromatic heterocycles. The molecule has 0 fully saturated rings. The van der Waals surface area contributed by atoms with Crippen LogP contribution in [-0.4, -0.2) is 44.8 Å². The van der Waals surface area contributed by atoms with E-state index in [-0.39, 0.29) is 17.3 Å². The molecule has 0 aliphatic carbocycles. The Morgan fingerprint density at radius 3 is 2.52 bits per heavy atom. The molecular weight excluding hydrogens is 468 g/mol. The van der Waals surface area contributed by atoms with Crippen molar-refractivity contribution in [3.05, 3.63) is 80.1 Å². The monoisotopic (exact) mass is 486 g/mol. The average molecular weight is 487 g/mol. The summed E-state index contributed by atoms with van der Waals surface area (Å²) in [5.74, 6) is -0.601. The maximum Gasteiger partial charge on any atom is 0.273 e. The number of nitro groups is 1. The van der Waals surface area contributed by atoms with E-state index >= 15 is 0 Å². The molecule has 1 heterocycles. The number of aromatic nitrogens is 3. The maximum atomic E-state index is 12.4. The van der Waals surface area contributed by atoms with Crippen molar-refractivity contribution < 1.29 is 14.5 Å². The minimum atomic E-state index is -0.501. The number of non-ortho nitro benzene ring substituents is 1. The number of carbonyl (C=O) groups excluding carboxylic acids is 2. The van der Waals surface area contributed by atoms with E-state index in [0.29, 0.717) is 36.5 Å². The average Bonchev–Trinajstić information content (AvgIpc) is 3.14. The lowest BCUT2D eigenvalue weighted by molar-refractivity contribution is -0.384. The van der Waals surface area contributed by atoms with Crippen LogP contribution >= 0.6 is 15.9 Å². The topological polar surface area (TPSA) is 132 Å². The van der Waals surface area contributed by atoms with Crippen LogP contribution in [0.25, 0.3) is 5.69 Å². The van der Waals surface area contributed by atoms with E-state index in [1.165, 1.54) is 22.9 Å². The van der Waals surface area contributed by atoms with E-state index in [1.54, 1.807) is 31.2 Å². The molecule has 0 aliphatic rings. The van der Waals surface area contributed by atoms with Crippen LogP contribution in [-0.2, 0) is 0 Å². The number of carbonyl (C=O) groups is 2. The lowest BCUT2D eigenvalue weighted by atomic mass is 10.2. The van der Waals surface area contributed by atoms with Gasteiger partial charge in [0.2, 0.25) is 0 Å². The van der Waals surface area contributed by atoms with Crippen molar-refractivity contribution in [1.29, 1.82) is 0 Å². The first kappa shape index (κ1) is 22.1. The van der Waals surface area contributed by atoms with Gasteiger partial charge in [-0.2, -0.15) is 0 Å². The number of nitro benzene ring substituents is 1. The zero-order valence-corrected chi connectivity index (χ0v) is 18.1. The van der Waals surface area contributed by atoms with Gasteiger partial charge in [0.05, 0.1) is 16.3 Å². The number of amides is 2. The molecule has 0 radical (unpaired) electrons.